The Morgan fingerprint density at radius 3 is 2.88 bits per heavy atom. The van der Waals surface area contributed by atoms with E-state index in [0.717, 1.165) is 16.4 Å². The molecule has 0 aliphatic carbocycles. The molecule has 1 N–H and O–H groups in total. The van der Waals surface area contributed by atoms with Crippen LogP contribution in [0.5, 0.6) is 0 Å². The highest BCUT2D eigenvalue weighted by molar-refractivity contribution is 6.06. The lowest BCUT2D eigenvalue weighted by atomic mass is 10.1. The number of carbonyl (C=O) groups excluding carboxylic acids is 1. The molecule has 0 bridgehead atoms. The molecule has 24 heavy (non-hydrogen) atoms. The predicted molar refractivity (Wildman–Crippen MR) is 87.1 cm³/mol. The molecule has 0 aliphatic rings. The molecule has 2 aromatic carbocycles. The number of nitriles is 1. The minimum atomic E-state index is -0.264. The van der Waals surface area contributed by atoms with Gasteiger partial charge in [-0.1, -0.05) is 18.2 Å². The van der Waals surface area contributed by atoms with Gasteiger partial charge in [0.05, 0.1) is 0 Å². The van der Waals surface area contributed by atoms with E-state index < -0.39 is 0 Å². The summed E-state index contributed by atoms with van der Waals surface area (Å²) in [5, 5.41) is 17.4. The second-order valence-corrected chi connectivity index (χ2v) is 5.23. The first-order chi connectivity index (χ1) is 11.7. The van der Waals surface area contributed by atoms with Crippen LogP contribution in [0.4, 0.5) is 5.69 Å². The Bertz CT molecular complexity index is 1100. The van der Waals surface area contributed by atoms with E-state index >= 15 is 0 Å². The predicted octanol–water partition coefficient (Wildman–Crippen LogP) is 2.69. The zero-order valence-corrected chi connectivity index (χ0v) is 12.4. The molecule has 4 aromatic rings. The number of aromatic nitrogens is 3. The number of fused-ring (bicyclic) bond motifs is 3. The SMILES string of the molecule is N#Cc1ncn(CC(=O)Nc2ccc3c(c2)oc2ccccc23)n1. The summed E-state index contributed by atoms with van der Waals surface area (Å²) in [6.45, 7) is -0.0210. The van der Waals surface area contributed by atoms with Crippen LogP contribution in [0.1, 0.15) is 5.82 Å². The van der Waals surface area contributed by atoms with Gasteiger partial charge in [-0.05, 0) is 18.2 Å². The standard InChI is InChI=1S/C17H11N5O2/c18-8-16-19-10-22(21-16)9-17(23)20-11-5-6-13-12-3-1-2-4-14(12)24-15(13)7-11/h1-7,10H,9H2,(H,20,23). The van der Waals surface area contributed by atoms with Gasteiger partial charge in [0, 0.05) is 22.5 Å². The Kier molecular flexibility index (Phi) is 3.21. The van der Waals surface area contributed by atoms with Crippen molar-refractivity contribution in [3.63, 3.8) is 0 Å². The third-order valence-corrected chi connectivity index (χ3v) is 3.60. The van der Waals surface area contributed by atoms with Crippen LogP contribution >= 0.6 is 0 Å². The summed E-state index contributed by atoms with van der Waals surface area (Å²) in [5.74, 6) is -0.230. The molecule has 7 nitrogen and oxygen atoms in total. The van der Waals surface area contributed by atoms with Crippen LogP contribution in [0, 0.1) is 11.3 Å². The molecule has 0 aliphatic heterocycles. The summed E-state index contributed by atoms with van der Waals surface area (Å²) in [6, 6.07) is 15.1. The Hall–Kier alpha value is -3.66. The topological polar surface area (TPSA) is 96.7 Å². The van der Waals surface area contributed by atoms with Crippen molar-refractivity contribution in [3.8, 4) is 6.07 Å². The molecule has 4 rings (SSSR count). The van der Waals surface area contributed by atoms with Crippen LogP contribution in [0.2, 0.25) is 0 Å². The van der Waals surface area contributed by atoms with Gasteiger partial charge in [-0.25, -0.2) is 9.67 Å². The summed E-state index contributed by atoms with van der Waals surface area (Å²) < 4.78 is 7.11. The Morgan fingerprint density at radius 2 is 2.04 bits per heavy atom. The maximum absolute atomic E-state index is 12.1. The molecular weight excluding hydrogens is 306 g/mol. The average molecular weight is 317 g/mol. The summed E-state index contributed by atoms with van der Waals surface area (Å²) in [6.07, 6.45) is 1.35. The molecule has 0 spiro atoms. The third-order valence-electron chi connectivity index (χ3n) is 3.60. The van der Waals surface area contributed by atoms with Crippen molar-refractivity contribution in [2.45, 2.75) is 6.54 Å². The van der Waals surface area contributed by atoms with Crippen LogP contribution in [0.25, 0.3) is 21.9 Å². The van der Waals surface area contributed by atoms with Gasteiger partial charge in [0.2, 0.25) is 5.91 Å². The van der Waals surface area contributed by atoms with Crippen molar-refractivity contribution in [2.75, 3.05) is 5.32 Å². The number of nitrogens with zero attached hydrogens (tertiary/aromatic N) is 4. The van der Waals surface area contributed by atoms with Crippen molar-refractivity contribution in [1.29, 1.82) is 5.26 Å². The minimum absolute atomic E-state index is 0.0210. The zero-order chi connectivity index (χ0) is 16.5. The number of hydrogen-bond acceptors (Lipinski definition) is 5. The van der Waals surface area contributed by atoms with Crippen LogP contribution in [0.15, 0.2) is 53.2 Å². The van der Waals surface area contributed by atoms with Crippen molar-refractivity contribution >= 4 is 33.5 Å². The number of anilines is 1. The lowest BCUT2D eigenvalue weighted by Gasteiger charge is -2.04. The van der Waals surface area contributed by atoms with Crippen LogP contribution in [0.3, 0.4) is 0 Å². The van der Waals surface area contributed by atoms with E-state index in [-0.39, 0.29) is 18.3 Å². The number of carbonyl (C=O) groups is 1. The molecule has 1 amide bonds. The fraction of sp³-hybridized carbons (Fsp3) is 0.0588. The number of hydrogen-bond donors (Lipinski definition) is 1. The normalized spacial score (nSPS) is 10.8. The Balaban J connectivity index is 1.56. The van der Waals surface area contributed by atoms with Gasteiger partial charge in [-0.3, -0.25) is 4.79 Å². The number of para-hydroxylation sites is 1. The maximum atomic E-state index is 12.1. The summed E-state index contributed by atoms with van der Waals surface area (Å²) >= 11 is 0. The number of rotatable bonds is 3. The van der Waals surface area contributed by atoms with Crippen molar-refractivity contribution in [2.24, 2.45) is 0 Å². The summed E-state index contributed by atoms with van der Waals surface area (Å²) in [7, 11) is 0. The van der Waals surface area contributed by atoms with Gasteiger partial charge in [0.15, 0.2) is 0 Å². The molecule has 0 radical (unpaired) electrons. The molecule has 116 valence electrons. The van der Waals surface area contributed by atoms with Crippen LogP contribution in [-0.2, 0) is 11.3 Å². The highest BCUT2D eigenvalue weighted by Crippen LogP contribution is 2.30. The van der Waals surface area contributed by atoms with E-state index in [1.807, 2.05) is 42.5 Å². The lowest BCUT2D eigenvalue weighted by molar-refractivity contribution is -0.116. The minimum Gasteiger partial charge on any atom is -0.456 e. The number of amides is 1. The summed E-state index contributed by atoms with van der Waals surface area (Å²) in [4.78, 5) is 15.8. The number of nitrogens with one attached hydrogen (secondary N) is 1. The van der Waals surface area contributed by atoms with E-state index in [4.69, 9.17) is 9.68 Å². The lowest BCUT2D eigenvalue weighted by Crippen LogP contribution is -2.19. The zero-order valence-electron chi connectivity index (χ0n) is 12.4. The highest BCUT2D eigenvalue weighted by atomic mass is 16.3. The van der Waals surface area contributed by atoms with E-state index in [1.165, 1.54) is 11.0 Å². The van der Waals surface area contributed by atoms with Gasteiger partial charge >= 0.3 is 0 Å². The molecular formula is C17H11N5O2. The monoisotopic (exact) mass is 317 g/mol. The smallest absolute Gasteiger partial charge is 0.252 e. The van der Waals surface area contributed by atoms with Crippen molar-refractivity contribution < 1.29 is 9.21 Å². The fourth-order valence-electron chi connectivity index (χ4n) is 2.57. The second-order valence-electron chi connectivity index (χ2n) is 5.23. The molecule has 0 unspecified atom stereocenters. The van der Waals surface area contributed by atoms with Gasteiger partial charge in [-0.2, -0.15) is 5.26 Å². The second kappa shape index (κ2) is 5.52. The number of furan rings is 1. The molecule has 0 fully saturated rings. The first-order valence-corrected chi connectivity index (χ1v) is 7.23. The number of benzene rings is 2. The van der Waals surface area contributed by atoms with E-state index in [2.05, 4.69) is 15.4 Å². The molecule has 0 saturated heterocycles. The van der Waals surface area contributed by atoms with Crippen LogP contribution < -0.4 is 5.32 Å². The molecule has 2 heterocycles. The average Bonchev–Trinajstić information content (AvgIpc) is 3.18. The van der Waals surface area contributed by atoms with Gasteiger partial charge in [0.25, 0.3) is 5.82 Å². The molecule has 0 atom stereocenters. The quantitative estimate of drug-likeness (QED) is 0.626. The van der Waals surface area contributed by atoms with E-state index in [0.29, 0.717) is 11.3 Å². The maximum Gasteiger partial charge on any atom is 0.252 e. The van der Waals surface area contributed by atoms with Crippen molar-refractivity contribution in [1.82, 2.24) is 14.8 Å². The summed E-state index contributed by atoms with van der Waals surface area (Å²) in [5.41, 5.74) is 2.15. The van der Waals surface area contributed by atoms with Gasteiger partial charge < -0.3 is 9.73 Å². The molecule has 7 heteroatoms. The third kappa shape index (κ3) is 2.46. The van der Waals surface area contributed by atoms with E-state index in [1.54, 1.807) is 6.07 Å². The Labute approximate surface area is 136 Å². The van der Waals surface area contributed by atoms with Gasteiger partial charge in [0.1, 0.15) is 30.1 Å². The fourth-order valence-corrected chi connectivity index (χ4v) is 2.57. The highest BCUT2D eigenvalue weighted by Gasteiger charge is 2.09. The van der Waals surface area contributed by atoms with Crippen molar-refractivity contribution in [3.05, 3.63) is 54.6 Å². The molecule has 0 saturated carbocycles. The molecule has 2 aromatic heterocycles. The first kappa shape index (κ1) is 14.0. The largest absolute Gasteiger partial charge is 0.456 e. The first-order valence-electron chi connectivity index (χ1n) is 7.23. The van der Waals surface area contributed by atoms with E-state index in [9.17, 15) is 4.79 Å². The van der Waals surface area contributed by atoms with Crippen LogP contribution in [-0.4, -0.2) is 20.7 Å². The Morgan fingerprint density at radius 1 is 1.21 bits per heavy atom. The van der Waals surface area contributed by atoms with Gasteiger partial charge in [-0.15, -0.1) is 5.10 Å².